The molecule has 0 atom stereocenters. The average molecular weight is 219 g/mol. The fourth-order valence-electron chi connectivity index (χ4n) is 1.82. The lowest BCUT2D eigenvalue weighted by Gasteiger charge is -2.28. The molecule has 4 heteroatoms. The molecule has 1 saturated heterocycles. The molecule has 1 aliphatic rings. The van der Waals surface area contributed by atoms with Crippen molar-refractivity contribution in [1.82, 2.24) is 9.99 Å². The Hall–Kier alpha value is -1.42. The van der Waals surface area contributed by atoms with E-state index in [0.29, 0.717) is 0 Å². The van der Waals surface area contributed by atoms with Gasteiger partial charge in [0.25, 0.3) is 0 Å². The molecule has 1 aromatic heterocycles. The summed E-state index contributed by atoms with van der Waals surface area (Å²) < 4.78 is 0. The molecule has 2 heterocycles. The molecule has 1 fully saturated rings. The van der Waals surface area contributed by atoms with Crippen molar-refractivity contribution >= 4 is 5.71 Å². The third kappa shape index (κ3) is 2.79. The summed E-state index contributed by atoms with van der Waals surface area (Å²) in [6.45, 7) is 6.43. The minimum atomic E-state index is 0.966. The number of aromatic nitrogens is 1. The smallest absolute Gasteiger partial charge is 0.0964 e. The number of nitrogens with one attached hydrogen (secondary N) is 1. The molecule has 0 amide bonds. The second kappa shape index (κ2) is 5.07. The normalized spacial score (nSPS) is 18.9. The molecule has 0 aliphatic carbocycles. The molecule has 1 aliphatic heterocycles. The predicted octanol–water partition coefficient (Wildman–Crippen LogP) is -0.364. The number of quaternary nitrogens is 1. The largest absolute Gasteiger partial charge is 0.334 e. The molecule has 4 nitrogen and oxygen atoms in total. The van der Waals surface area contributed by atoms with Gasteiger partial charge in [-0.3, -0.25) is 9.99 Å². The number of pyridine rings is 1. The van der Waals surface area contributed by atoms with E-state index < -0.39 is 0 Å². The molecular weight excluding hydrogens is 200 g/mol. The Kier molecular flexibility index (Phi) is 3.51. The highest BCUT2D eigenvalue weighted by atomic mass is 15.5. The van der Waals surface area contributed by atoms with Crippen LogP contribution in [0.2, 0.25) is 0 Å². The van der Waals surface area contributed by atoms with Gasteiger partial charge in [0, 0.05) is 6.20 Å². The lowest BCUT2D eigenvalue weighted by molar-refractivity contribution is -0.884. The summed E-state index contributed by atoms with van der Waals surface area (Å²) in [4.78, 5) is 5.88. The van der Waals surface area contributed by atoms with Crippen LogP contribution in [0.3, 0.4) is 0 Å². The maximum absolute atomic E-state index is 4.61. The first-order valence-electron chi connectivity index (χ1n) is 5.78. The van der Waals surface area contributed by atoms with Gasteiger partial charge < -0.3 is 4.90 Å². The van der Waals surface area contributed by atoms with Crippen molar-refractivity contribution in [3.05, 3.63) is 30.1 Å². The number of hydrogen-bond donors (Lipinski definition) is 1. The van der Waals surface area contributed by atoms with E-state index in [0.717, 1.165) is 24.5 Å². The van der Waals surface area contributed by atoms with E-state index in [-0.39, 0.29) is 0 Å². The Bertz CT molecular complexity index is 353. The van der Waals surface area contributed by atoms with E-state index in [4.69, 9.17) is 0 Å². The standard InChI is InChI=1S/C12H18N4/c1-11(12-5-3-4-6-13-12)14-16-9-7-15(2)8-10-16/h3-6H,7-10H2,1-2H3/p+1/b14-11-. The van der Waals surface area contributed by atoms with E-state index in [1.807, 2.05) is 31.3 Å². The topological polar surface area (TPSA) is 32.9 Å². The van der Waals surface area contributed by atoms with Crippen LogP contribution in [0.15, 0.2) is 29.5 Å². The lowest BCUT2D eigenvalue weighted by atomic mass is 10.2. The number of rotatable bonds is 2. The first kappa shape index (κ1) is 11.1. The second-order valence-electron chi connectivity index (χ2n) is 4.31. The van der Waals surface area contributed by atoms with Crippen molar-refractivity contribution in [1.29, 1.82) is 0 Å². The molecule has 0 unspecified atom stereocenters. The number of likely N-dealkylation sites (N-methyl/N-ethyl adjacent to an activating group) is 1. The highest BCUT2D eigenvalue weighted by Crippen LogP contribution is 1.99. The molecule has 1 N–H and O–H groups in total. The second-order valence-corrected chi connectivity index (χ2v) is 4.31. The summed E-state index contributed by atoms with van der Waals surface area (Å²) in [6, 6.07) is 5.92. The van der Waals surface area contributed by atoms with Gasteiger partial charge in [-0.15, -0.1) is 0 Å². The average Bonchev–Trinajstić information content (AvgIpc) is 2.33. The lowest BCUT2D eigenvalue weighted by Crippen LogP contribution is -3.11. The van der Waals surface area contributed by atoms with Gasteiger partial charge in [-0.25, -0.2) is 0 Å². The van der Waals surface area contributed by atoms with Crippen LogP contribution in [0.4, 0.5) is 0 Å². The van der Waals surface area contributed by atoms with Gasteiger partial charge in [-0.05, 0) is 19.1 Å². The summed E-state index contributed by atoms with van der Waals surface area (Å²) in [5.41, 5.74) is 1.97. The van der Waals surface area contributed by atoms with Crippen molar-refractivity contribution in [2.75, 3.05) is 33.2 Å². The quantitative estimate of drug-likeness (QED) is 0.689. The number of nitrogens with zero attached hydrogens (tertiary/aromatic N) is 3. The fraction of sp³-hybridized carbons (Fsp3) is 0.500. The SMILES string of the molecule is C/C(=N/N1CC[NH+](C)CC1)c1ccccn1. The summed E-state index contributed by atoms with van der Waals surface area (Å²) in [6.07, 6.45) is 1.81. The Labute approximate surface area is 96.6 Å². The Balaban J connectivity index is 2.02. The zero-order chi connectivity index (χ0) is 11.4. The number of piperazine rings is 1. The Morgan fingerprint density at radius 2 is 2.12 bits per heavy atom. The van der Waals surface area contributed by atoms with Crippen LogP contribution in [0, 0.1) is 0 Å². The predicted molar refractivity (Wildman–Crippen MR) is 64.6 cm³/mol. The Morgan fingerprint density at radius 1 is 1.38 bits per heavy atom. The summed E-state index contributed by atoms with van der Waals surface area (Å²) in [5.74, 6) is 0. The molecule has 0 aromatic carbocycles. The van der Waals surface area contributed by atoms with Gasteiger partial charge in [0.05, 0.1) is 44.6 Å². The van der Waals surface area contributed by atoms with Gasteiger partial charge in [0.1, 0.15) is 0 Å². The third-order valence-corrected chi connectivity index (χ3v) is 2.92. The zero-order valence-electron chi connectivity index (χ0n) is 9.98. The van der Waals surface area contributed by atoms with Crippen LogP contribution < -0.4 is 4.90 Å². The molecule has 16 heavy (non-hydrogen) atoms. The zero-order valence-corrected chi connectivity index (χ0v) is 9.98. The molecule has 1 aromatic rings. The molecule has 86 valence electrons. The molecular formula is C12H19N4+. The van der Waals surface area contributed by atoms with Gasteiger partial charge in [0.15, 0.2) is 0 Å². The highest BCUT2D eigenvalue weighted by molar-refractivity contribution is 5.96. The molecule has 0 spiro atoms. The minimum absolute atomic E-state index is 0.966. The van der Waals surface area contributed by atoms with Crippen LogP contribution >= 0.6 is 0 Å². The van der Waals surface area contributed by atoms with Crippen LogP contribution in [-0.2, 0) is 0 Å². The maximum Gasteiger partial charge on any atom is 0.0964 e. The van der Waals surface area contributed by atoms with Gasteiger partial charge in [0.2, 0.25) is 0 Å². The van der Waals surface area contributed by atoms with E-state index in [2.05, 4.69) is 22.1 Å². The Morgan fingerprint density at radius 3 is 2.75 bits per heavy atom. The monoisotopic (exact) mass is 219 g/mol. The van der Waals surface area contributed by atoms with E-state index >= 15 is 0 Å². The summed E-state index contributed by atoms with van der Waals surface area (Å²) in [5, 5.41) is 6.76. The third-order valence-electron chi connectivity index (χ3n) is 2.92. The van der Waals surface area contributed by atoms with Crippen LogP contribution in [-0.4, -0.2) is 48.9 Å². The number of hydrogen-bond acceptors (Lipinski definition) is 3. The number of hydrazone groups is 1. The summed E-state index contributed by atoms with van der Waals surface area (Å²) in [7, 11) is 2.23. The maximum atomic E-state index is 4.61. The van der Waals surface area contributed by atoms with Gasteiger partial charge in [-0.2, -0.15) is 5.10 Å². The van der Waals surface area contributed by atoms with E-state index in [9.17, 15) is 0 Å². The van der Waals surface area contributed by atoms with Crippen molar-refractivity contribution in [2.24, 2.45) is 5.10 Å². The van der Waals surface area contributed by atoms with Crippen molar-refractivity contribution in [3.8, 4) is 0 Å². The molecule has 0 bridgehead atoms. The molecule has 0 saturated carbocycles. The van der Waals surface area contributed by atoms with Gasteiger partial charge in [-0.1, -0.05) is 6.07 Å². The van der Waals surface area contributed by atoms with Crippen LogP contribution in [0.25, 0.3) is 0 Å². The first-order valence-corrected chi connectivity index (χ1v) is 5.78. The van der Waals surface area contributed by atoms with E-state index in [1.165, 1.54) is 13.1 Å². The van der Waals surface area contributed by atoms with Crippen molar-refractivity contribution in [2.45, 2.75) is 6.92 Å². The van der Waals surface area contributed by atoms with Crippen molar-refractivity contribution in [3.63, 3.8) is 0 Å². The van der Waals surface area contributed by atoms with Crippen LogP contribution in [0.1, 0.15) is 12.6 Å². The minimum Gasteiger partial charge on any atom is -0.334 e. The van der Waals surface area contributed by atoms with Crippen molar-refractivity contribution < 1.29 is 4.90 Å². The first-order chi connectivity index (χ1) is 7.75. The van der Waals surface area contributed by atoms with E-state index in [1.54, 1.807) is 4.90 Å². The molecule has 2 rings (SSSR count). The van der Waals surface area contributed by atoms with Gasteiger partial charge >= 0.3 is 0 Å². The molecule has 0 radical (unpaired) electrons. The summed E-state index contributed by atoms with van der Waals surface area (Å²) >= 11 is 0. The van der Waals surface area contributed by atoms with Crippen LogP contribution in [0.5, 0.6) is 0 Å². The fourth-order valence-corrected chi connectivity index (χ4v) is 1.82. The highest BCUT2D eigenvalue weighted by Gasteiger charge is 2.15.